The molecule has 0 saturated heterocycles. The molecule has 1 N–H and O–H groups in total. The van der Waals surface area contributed by atoms with Gasteiger partial charge >= 0.3 is 6.09 Å². The molecule has 1 aliphatic heterocycles. The number of hydrogen-bond donors (Lipinski definition) is 1. The van der Waals surface area contributed by atoms with E-state index in [4.69, 9.17) is 18.7 Å². The van der Waals surface area contributed by atoms with Crippen molar-refractivity contribution < 1.29 is 23.5 Å². The van der Waals surface area contributed by atoms with Crippen molar-refractivity contribution in [2.45, 2.75) is 64.0 Å². The predicted molar refractivity (Wildman–Crippen MR) is 159 cm³/mol. The summed E-state index contributed by atoms with van der Waals surface area (Å²) >= 11 is 1.42. The van der Waals surface area contributed by atoms with Crippen LogP contribution in [-0.4, -0.2) is 58.8 Å². The van der Waals surface area contributed by atoms with Crippen molar-refractivity contribution in [3.05, 3.63) is 58.9 Å². The first-order valence-electron chi connectivity index (χ1n) is 13.8. The van der Waals surface area contributed by atoms with Crippen molar-refractivity contribution in [2.24, 2.45) is 0 Å². The van der Waals surface area contributed by atoms with Gasteiger partial charge in [-0.15, -0.1) is 0 Å². The largest absolute Gasteiger partial charge is 0.496 e. The van der Waals surface area contributed by atoms with Gasteiger partial charge in [0.2, 0.25) is 0 Å². The molecule has 1 amide bonds. The quantitative estimate of drug-likeness (QED) is 0.248. The van der Waals surface area contributed by atoms with Gasteiger partial charge in [-0.1, -0.05) is 18.1 Å². The molecular weight excluding hydrogens is 542 g/mol. The SMILES string of the molecule is CCc1ccc(OC)c(SNc2noc3cc(Cn4ncc5c4CCN(C(=O)OC(C)(C)C)CC5)cc(OC)c23)c1. The number of nitrogens with zero attached hydrogens (tertiary/aromatic N) is 4. The predicted octanol–water partition coefficient (Wildman–Crippen LogP) is 6.11. The topological polar surface area (TPSA) is 104 Å². The third-order valence-electron chi connectivity index (χ3n) is 7.00. The second-order valence-corrected chi connectivity index (χ2v) is 11.8. The van der Waals surface area contributed by atoms with E-state index in [9.17, 15) is 4.79 Å². The second kappa shape index (κ2) is 11.9. The molecule has 3 heterocycles. The summed E-state index contributed by atoms with van der Waals surface area (Å²) in [5.74, 6) is 2.02. The molecule has 0 aliphatic carbocycles. The molecule has 0 saturated carbocycles. The van der Waals surface area contributed by atoms with Gasteiger partial charge < -0.3 is 28.4 Å². The smallest absolute Gasteiger partial charge is 0.410 e. The first-order chi connectivity index (χ1) is 19.7. The summed E-state index contributed by atoms with van der Waals surface area (Å²) in [6.45, 7) is 9.49. The Labute approximate surface area is 244 Å². The molecule has 2 aromatic heterocycles. The first-order valence-corrected chi connectivity index (χ1v) is 14.6. The number of nitrogens with one attached hydrogen (secondary N) is 1. The Kier molecular flexibility index (Phi) is 8.35. The zero-order valence-corrected chi connectivity index (χ0v) is 25.3. The Hall–Kier alpha value is -3.86. The third-order valence-corrected chi connectivity index (χ3v) is 7.83. The summed E-state index contributed by atoms with van der Waals surface area (Å²) in [7, 11) is 3.30. The zero-order chi connectivity index (χ0) is 29.1. The summed E-state index contributed by atoms with van der Waals surface area (Å²) in [6.07, 6.45) is 3.99. The van der Waals surface area contributed by atoms with Crippen molar-refractivity contribution in [1.29, 1.82) is 0 Å². The van der Waals surface area contributed by atoms with Crippen molar-refractivity contribution in [1.82, 2.24) is 19.8 Å². The lowest BCUT2D eigenvalue weighted by Crippen LogP contribution is -2.38. The molecule has 1 aliphatic rings. The summed E-state index contributed by atoms with van der Waals surface area (Å²) in [5.41, 5.74) is 4.56. The van der Waals surface area contributed by atoms with Crippen LogP contribution in [0.5, 0.6) is 11.5 Å². The van der Waals surface area contributed by atoms with Crippen LogP contribution < -0.4 is 14.2 Å². The highest BCUT2D eigenvalue weighted by molar-refractivity contribution is 8.00. The van der Waals surface area contributed by atoms with Crippen LogP contribution in [-0.2, 0) is 30.5 Å². The number of aromatic nitrogens is 3. The van der Waals surface area contributed by atoms with Crippen LogP contribution in [0.1, 0.15) is 50.1 Å². The number of rotatable bonds is 8. The van der Waals surface area contributed by atoms with Crippen molar-refractivity contribution >= 4 is 34.8 Å². The fraction of sp³-hybridized carbons (Fsp3) is 0.433. The van der Waals surface area contributed by atoms with Gasteiger partial charge in [0, 0.05) is 25.2 Å². The van der Waals surface area contributed by atoms with Crippen molar-refractivity contribution in [2.75, 3.05) is 32.0 Å². The van der Waals surface area contributed by atoms with Gasteiger partial charge in [0.15, 0.2) is 11.4 Å². The maximum Gasteiger partial charge on any atom is 0.410 e. The molecule has 4 aromatic rings. The number of fused-ring (bicyclic) bond motifs is 2. The molecule has 0 radical (unpaired) electrons. The van der Waals surface area contributed by atoms with E-state index in [0.717, 1.165) is 45.7 Å². The Morgan fingerprint density at radius 1 is 1.07 bits per heavy atom. The molecule has 0 atom stereocenters. The number of carbonyl (C=O) groups is 1. The Balaban J connectivity index is 1.33. The van der Waals surface area contributed by atoms with E-state index in [1.807, 2.05) is 49.8 Å². The van der Waals surface area contributed by atoms with Crippen LogP contribution in [0.3, 0.4) is 0 Å². The highest BCUT2D eigenvalue weighted by atomic mass is 32.2. The number of aryl methyl sites for hydroxylation is 1. The third kappa shape index (κ3) is 6.40. The minimum absolute atomic E-state index is 0.276. The maximum atomic E-state index is 12.6. The van der Waals surface area contributed by atoms with Crippen molar-refractivity contribution in [3.8, 4) is 11.5 Å². The van der Waals surface area contributed by atoms with Crippen LogP contribution in [0.2, 0.25) is 0 Å². The van der Waals surface area contributed by atoms with Crippen LogP contribution in [0.4, 0.5) is 10.6 Å². The van der Waals surface area contributed by atoms with E-state index in [0.29, 0.717) is 43.2 Å². The van der Waals surface area contributed by atoms with Crippen molar-refractivity contribution in [3.63, 3.8) is 0 Å². The van der Waals surface area contributed by atoms with Gasteiger partial charge in [0.25, 0.3) is 0 Å². The van der Waals surface area contributed by atoms with E-state index in [1.165, 1.54) is 17.5 Å². The van der Waals surface area contributed by atoms with Gasteiger partial charge in [-0.2, -0.15) is 5.10 Å². The molecule has 0 bridgehead atoms. The minimum Gasteiger partial charge on any atom is -0.496 e. The lowest BCUT2D eigenvalue weighted by atomic mass is 10.1. The first kappa shape index (κ1) is 28.7. The molecule has 0 unspecified atom stereocenters. The number of methoxy groups -OCH3 is 2. The number of amides is 1. The highest BCUT2D eigenvalue weighted by Crippen LogP contribution is 2.38. The fourth-order valence-corrected chi connectivity index (χ4v) is 5.72. The summed E-state index contributed by atoms with van der Waals surface area (Å²) < 4.78 is 27.9. The number of anilines is 1. The van der Waals surface area contributed by atoms with Gasteiger partial charge in [-0.05, 0) is 86.5 Å². The fourth-order valence-electron chi connectivity index (χ4n) is 4.91. The molecular formula is C30H37N5O5S. The van der Waals surface area contributed by atoms with E-state index >= 15 is 0 Å². The summed E-state index contributed by atoms with van der Waals surface area (Å²) in [5, 5.41) is 9.72. The highest BCUT2D eigenvalue weighted by Gasteiger charge is 2.26. The number of ether oxygens (including phenoxy) is 3. The van der Waals surface area contributed by atoms with Gasteiger partial charge in [-0.3, -0.25) is 4.68 Å². The molecule has 5 rings (SSSR count). The second-order valence-electron chi connectivity index (χ2n) is 11.0. The minimum atomic E-state index is -0.521. The Bertz CT molecular complexity index is 1540. The molecule has 0 fully saturated rings. The molecule has 41 heavy (non-hydrogen) atoms. The molecule has 2 aromatic carbocycles. The molecule has 10 nitrogen and oxygen atoms in total. The molecule has 0 spiro atoms. The van der Waals surface area contributed by atoms with Crippen LogP contribution in [0.25, 0.3) is 11.0 Å². The summed E-state index contributed by atoms with van der Waals surface area (Å²) in [6, 6.07) is 10.1. The normalized spacial score (nSPS) is 13.6. The average molecular weight is 580 g/mol. The molecule has 218 valence electrons. The lowest BCUT2D eigenvalue weighted by molar-refractivity contribution is 0.0258. The van der Waals surface area contributed by atoms with E-state index in [2.05, 4.69) is 34.0 Å². The van der Waals surface area contributed by atoms with Crippen LogP contribution in [0, 0.1) is 0 Å². The lowest BCUT2D eigenvalue weighted by Gasteiger charge is -2.26. The maximum absolute atomic E-state index is 12.6. The van der Waals surface area contributed by atoms with Crippen LogP contribution >= 0.6 is 11.9 Å². The van der Waals surface area contributed by atoms with Crippen LogP contribution in [0.15, 0.2) is 45.9 Å². The average Bonchev–Trinajstić information content (AvgIpc) is 3.46. The standard InChI is InChI=1S/C30H37N5O5S/c1-7-19-8-9-23(37-5)26(16-19)41-33-28-27-24(38-6)14-20(15-25(27)40-32-28)18-35-22-11-13-34(12-10-21(22)17-31-35)29(36)39-30(2,3)4/h8-9,14-17H,7,10-13,18H2,1-6H3,(H,32,33). The number of hydrogen-bond acceptors (Lipinski definition) is 9. The van der Waals surface area contributed by atoms with Gasteiger partial charge in [0.05, 0.1) is 31.9 Å². The van der Waals surface area contributed by atoms with E-state index < -0.39 is 5.60 Å². The Morgan fingerprint density at radius 2 is 1.85 bits per heavy atom. The number of benzene rings is 2. The van der Waals surface area contributed by atoms with E-state index in [-0.39, 0.29) is 6.09 Å². The zero-order valence-electron chi connectivity index (χ0n) is 24.4. The van der Waals surface area contributed by atoms with E-state index in [1.54, 1.807) is 19.1 Å². The van der Waals surface area contributed by atoms with Gasteiger partial charge in [0.1, 0.15) is 22.5 Å². The van der Waals surface area contributed by atoms with Gasteiger partial charge in [-0.25, -0.2) is 4.79 Å². The monoisotopic (exact) mass is 579 g/mol. The number of carbonyl (C=O) groups excluding carboxylic acids is 1. The molecule has 11 heteroatoms. The summed E-state index contributed by atoms with van der Waals surface area (Å²) in [4.78, 5) is 15.4. The Morgan fingerprint density at radius 3 is 2.59 bits per heavy atom.